The van der Waals surface area contributed by atoms with Gasteiger partial charge in [-0.15, -0.1) is 0 Å². The molecule has 5 N–H and O–H groups in total. The maximum absolute atomic E-state index is 13.2. The molecule has 8 nitrogen and oxygen atoms in total. The zero-order valence-corrected chi connectivity index (χ0v) is 21.0. The Morgan fingerprint density at radius 1 is 1.03 bits per heavy atom. The minimum atomic E-state index is -2.00. The summed E-state index contributed by atoms with van der Waals surface area (Å²) in [5, 5.41) is 56.3. The standard InChI is InChI=1S/C28H36O8/c1-16(29)26(33)12-13-28(35)25(26,3)22(36-23(32)17-4-6-19(30)7-5-17)15-21-24(2)10-9-20(31)14-18(24)8-11-27(21,28)34/h4-8,20-22,30-31,33-35H,9-15H2,1-3H3/t20-,21-,22-,24-,25+,26-,27-,28+/m0/s1. The molecule has 0 heterocycles. The molecule has 0 aliphatic heterocycles. The number of aliphatic hydroxyl groups excluding tert-OH is 1. The lowest BCUT2D eigenvalue weighted by molar-refractivity contribution is -0.312. The van der Waals surface area contributed by atoms with Gasteiger partial charge in [0.05, 0.1) is 17.1 Å². The van der Waals surface area contributed by atoms with E-state index in [0.717, 1.165) is 5.57 Å². The van der Waals surface area contributed by atoms with E-state index in [9.17, 15) is 35.1 Å². The number of fused-ring (bicyclic) bond motifs is 5. The van der Waals surface area contributed by atoms with Crippen LogP contribution in [0.2, 0.25) is 0 Å². The molecule has 36 heavy (non-hydrogen) atoms. The van der Waals surface area contributed by atoms with Gasteiger partial charge in [-0.3, -0.25) is 4.79 Å². The Morgan fingerprint density at radius 3 is 2.33 bits per heavy atom. The summed E-state index contributed by atoms with van der Waals surface area (Å²) in [6.07, 6.45) is 2.15. The predicted octanol–water partition coefficient (Wildman–Crippen LogP) is 2.40. The largest absolute Gasteiger partial charge is 0.508 e. The summed E-state index contributed by atoms with van der Waals surface area (Å²) in [5.41, 5.74) is -6.60. The van der Waals surface area contributed by atoms with Crippen LogP contribution < -0.4 is 0 Å². The number of Topliss-reactive ketones (excluding diaryl/α,β-unsaturated/α-hetero) is 1. The fraction of sp³-hybridized carbons (Fsp3) is 0.643. The predicted molar refractivity (Wildman–Crippen MR) is 129 cm³/mol. The second-order valence-electron chi connectivity index (χ2n) is 11.9. The van der Waals surface area contributed by atoms with Crippen molar-refractivity contribution in [2.45, 2.75) is 94.7 Å². The number of aromatic hydroxyl groups is 1. The van der Waals surface area contributed by atoms with Crippen molar-refractivity contribution in [3.8, 4) is 5.75 Å². The number of ether oxygens (including phenoxy) is 1. The van der Waals surface area contributed by atoms with E-state index in [4.69, 9.17) is 4.74 Å². The molecule has 0 spiro atoms. The van der Waals surface area contributed by atoms with E-state index in [1.165, 1.54) is 31.2 Å². The molecule has 0 bridgehead atoms. The van der Waals surface area contributed by atoms with Gasteiger partial charge >= 0.3 is 5.97 Å². The maximum atomic E-state index is 13.2. The quantitative estimate of drug-likeness (QED) is 0.314. The average molecular weight is 501 g/mol. The first-order valence-corrected chi connectivity index (χ1v) is 12.8. The monoisotopic (exact) mass is 500 g/mol. The van der Waals surface area contributed by atoms with Crippen molar-refractivity contribution in [2.75, 3.05) is 0 Å². The van der Waals surface area contributed by atoms with Crippen molar-refractivity contribution in [3.63, 3.8) is 0 Å². The van der Waals surface area contributed by atoms with Gasteiger partial charge in [0.2, 0.25) is 0 Å². The van der Waals surface area contributed by atoms with E-state index in [1.807, 2.05) is 13.0 Å². The SMILES string of the molecule is CC(=O)[C@@]1(O)CC[C@@]2(O)[C@]1(C)[C@@H](OC(=O)c1ccc(O)cc1)C[C@H]1[C@@]3(C)CC[C@H](O)CC3=CC[C@]12O. The van der Waals surface area contributed by atoms with Crippen LogP contribution in [0.15, 0.2) is 35.9 Å². The third kappa shape index (κ3) is 3.01. The van der Waals surface area contributed by atoms with Gasteiger partial charge in [-0.25, -0.2) is 4.79 Å². The Hall–Kier alpha value is -2.26. The zero-order valence-electron chi connectivity index (χ0n) is 21.0. The summed E-state index contributed by atoms with van der Waals surface area (Å²) in [4.78, 5) is 26.1. The van der Waals surface area contributed by atoms with Crippen LogP contribution in [0.4, 0.5) is 0 Å². The molecule has 3 saturated carbocycles. The molecule has 0 unspecified atom stereocenters. The van der Waals surface area contributed by atoms with Crippen molar-refractivity contribution >= 4 is 11.8 Å². The van der Waals surface area contributed by atoms with E-state index >= 15 is 0 Å². The molecule has 196 valence electrons. The molecule has 0 amide bonds. The van der Waals surface area contributed by atoms with Crippen LogP contribution in [0, 0.1) is 16.7 Å². The van der Waals surface area contributed by atoms with Gasteiger partial charge < -0.3 is 30.3 Å². The van der Waals surface area contributed by atoms with Gasteiger partial charge in [0.15, 0.2) is 5.78 Å². The third-order valence-corrected chi connectivity index (χ3v) is 10.5. The number of phenols is 1. The Balaban J connectivity index is 1.64. The normalized spacial score (nSPS) is 45.6. The fourth-order valence-electron chi connectivity index (χ4n) is 8.17. The molecule has 1 aromatic carbocycles. The summed E-state index contributed by atoms with van der Waals surface area (Å²) in [7, 11) is 0. The third-order valence-electron chi connectivity index (χ3n) is 10.5. The van der Waals surface area contributed by atoms with Crippen LogP contribution in [0.5, 0.6) is 5.75 Å². The molecule has 0 saturated heterocycles. The Bertz CT molecular complexity index is 1130. The second kappa shape index (κ2) is 7.87. The van der Waals surface area contributed by atoms with Gasteiger partial charge in [-0.1, -0.05) is 18.6 Å². The number of benzene rings is 1. The number of carbonyl (C=O) groups excluding carboxylic acids is 2. The number of ketones is 1. The zero-order chi connectivity index (χ0) is 26.3. The fourth-order valence-corrected chi connectivity index (χ4v) is 8.17. The molecule has 8 heteroatoms. The van der Waals surface area contributed by atoms with Gasteiger partial charge in [0, 0.05) is 5.92 Å². The maximum Gasteiger partial charge on any atom is 0.338 e. The Morgan fingerprint density at radius 2 is 1.69 bits per heavy atom. The van der Waals surface area contributed by atoms with Crippen LogP contribution >= 0.6 is 0 Å². The van der Waals surface area contributed by atoms with Crippen LogP contribution in [0.25, 0.3) is 0 Å². The minimum Gasteiger partial charge on any atom is -0.508 e. The number of esters is 1. The summed E-state index contributed by atoms with van der Waals surface area (Å²) in [6.45, 7) is 4.84. The number of phenolic OH excluding ortho intramolecular Hbond substituents is 1. The number of hydrogen-bond donors (Lipinski definition) is 5. The highest BCUT2D eigenvalue weighted by Crippen LogP contribution is 2.70. The van der Waals surface area contributed by atoms with Crippen molar-refractivity contribution in [1.29, 1.82) is 0 Å². The van der Waals surface area contributed by atoms with E-state index < -0.39 is 57.5 Å². The van der Waals surface area contributed by atoms with Gasteiger partial charge in [0.25, 0.3) is 0 Å². The van der Waals surface area contributed by atoms with Crippen LogP contribution in [0.1, 0.15) is 76.1 Å². The first-order chi connectivity index (χ1) is 16.7. The number of hydrogen-bond acceptors (Lipinski definition) is 8. The molecule has 0 radical (unpaired) electrons. The van der Waals surface area contributed by atoms with Crippen molar-refractivity contribution in [3.05, 3.63) is 41.5 Å². The summed E-state index contributed by atoms with van der Waals surface area (Å²) in [6, 6.07) is 5.57. The highest BCUT2D eigenvalue weighted by Gasteiger charge is 2.81. The average Bonchev–Trinajstić information content (AvgIpc) is 3.06. The summed E-state index contributed by atoms with van der Waals surface area (Å²) < 4.78 is 6.01. The lowest BCUT2D eigenvalue weighted by atomic mass is 9.42. The molecular weight excluding hydrogens is 464 g/mol. The molecule has 4 aliphatic rings. The molecule has 5 rings (SSSR count). The highest BCUT2D eigenvalue weighted by atomic mass is 16.5. The molecular formula is C28H36O8. The number of carbonyl (C=O) groups is 2. The lowest BCUT2D eigenvalue weighted by Crippen LogP contribution is -2.78. The molecule has 8 atom stereocenters. The summed E-state index contributed by atoms with van der Waals surface area (Å²) in [5.74, 6) is -1.79. The first kappa shape index (κ1) is 25.4. The highest BCUT2D eigenvalue weighted by molar-refractivity contribution is 5.90. The second-order valence-corrected chi connectivity index (χ2v) is 11.9. The number of rotatable bonds is 3. The van der Waals surface area contributed by atoms with Gasteiger partial charge in [-0.2, -0.15) is 0 Å². The number of aliphatic hydroxyl groups is 4. The van der Waals surface area contributed by atoms with Gasteiger partial charge in [0.1, 0.15) is 28.7 Å². The Kier molecular flexibility index (Phi) is 5.55. The van der Waals surface area contributed by atoms with Crippen molar-refractivity contribution < 1.29 is 39.9 Å². The Labute approximate surface area is 210 Å². The molecule has 0 aromatic heterocycles. The van der Waals surface area contributed by atoms with Crippen molar-refractivity contribution in [1.82, 2.24) is 0 Å². The lowest BCUT2D eigenvalue weighted by Gasteiger charge is -2.67. The van der Waals surface area contributed by atoms with E-state index in [-0.39, 0.29) is 37.0 Å². The topological polar surface area (TPSA) is 145 Å². The smallest absolute Gasteiger partial charge is 0.338 e. The minimum absolute atomic E-state index is 0.00806. The van der Waals surface area contributed by atoms with Crippen LogP contribution in [0.3, 0.4) is 0 Å². The first-order valence-electron chi connectivity index (χ1n) is 12.8. The van der Waals surface area contributed by atoms with Crippen LogP contribution in [-0.2, 0) is 9.53 Å². The molecule has 4 aliphatic carbocycles. The summed E-state index contributed by atoms with van der Waals surface area (Å²) >= 11 is 0. The van der Waals surface area contributed by atoms with Gasteiger partial charge in [-0.05, 0) is 88.5 Å². The van der Waals surface area contributed by atoms with Crippen molar-refractivity contribution in [2.24, 2.45) is 16.7 Å². The van der Waals surface area contributed by atoms with E-state index in [1.54, 1.807) is 6.92 Å². The van der Waals surface area contributed by atoms with Crippen LogP contribution in [-0.4, -0.2) is 66.3 Å². The van der Waals surface area contributed by atoms with E-state index in [2.05, 4.69) is 0 Å². The van der Waals surface area contributed by atoms with E-state index in [0.29, 0.717) is 19.3 Å². The molecule has 3 fully saturated rings. The molecule has 1 aromatic rings.